The number of nitrogens with two attached hydrogens (primary N) is 1. The first kappa shape index (κ1) is 29.7. The number of anilines is 2. The van der Waals surface area contributed by atoms with Gasteiger partial charge in [-0.15, -0.1) is 0 Å². The molecule has 0 spiro atoms. The van der Waals surface area contributed by atoms with Crippen LogP contribution in [0.5, 0.6) is 5.75 Å². The van der Waals surface area contributed by atoms with Crippen LogP contribution in [-0.2, 0) is 16.8 Å². The fourth-order valence-corrected chi connectivity index (χ4v) is 3.81. The highest BCUT2D eigenvalue weighted by molar-refractivity contribution is 6.11. The Morgan fingerprint density at radius 1 is 0.900 bits per heavy atom. The van der Waals surface area contributed by atoms with E-state index in [2.05, 4.69) is 15.6 Å². The standard InChI is InChI=1S/C26H26N4O3.C2HF3O2/c1-26(2,3)20-7-5-4-6-18(20)25(33)30-22-13-17(31)10-11-21(22)29-24(32)15-8-9-16-14-28-23(27)19(16)12-15;3-2(4,5)1(6)7/h4-13,31H,14H2,1-3H3,(H2,27,28)(H,29,32)(H,30,33);(H,6,7). The Balaban J connectivity index is 0.000000559. The van der Waals surface area contributed by atoms with Gasteiger partial charge in [0.15, 0.2) is 0 Å². The Hall–Kier alpha value is -4.87. The number of carboxylic acid groups (broad SMARTS) is 1. The lowest BCUT2D eigenvalue weighted by Gasteiger charge is -2.22. The second-order valence-electron chi connectivity index (χ2n) is 9.81. The van der Waals surface area contributed by atoms with Gasteiger partial charge in [0.2, 0.25) is 0 Å². The van der Waals surface area contributed by atoms with Gasteiger partial charge < -0.3 is 26.6 Å². The van der Waals surface area contributed by atoms with Crippen LogP contribution in [0, 0.1) is 0 Å². The average Bonchev–Trinajstić information content (AvgIpc) is 3.24. The molecule has 0 unspecified atom stereocenters. The molecule has 0 aliphatic carbocycles. The van der Waals surface area contributed by atoms with E-state index in [-0.39, 0.29) is 23.0 Å². The number of benzene rings is 3. The van der Waals surface area contributed by atoms with Crippen molar-refractivity contribution in [3.8, 4) is 5.75 Å². The van der Waals surface area contributed by atoms with Crippen LogP contribution < -0.4 is 16.4 Å². The topological polar surface area (TPSA) is 154 Å². The number of carbonyl (C=O) groups is 3. The molecule has 210 valence electrons. The molecule has 3 aromatic carbocycles. The van der Waals surface area contributed by atoms with Crippen molar-refractivity contribution in [1.82, 2.24) is 0 Å². The minimum Gasteiger partial charge on any atom is -0.508 e. The molecule has 3 aromatic rings. The monoisotopic (exact) mass is 556 g/mol. The highest BCUT2D eigenvalue weighted by atomic mass is 19.4. The van der Waals surface area contributed by atoms with Gasteiger partial charge in [0.25, 0.3) is 11.8 Å². The summed E-state index contributed by atoms with van der Waals surface area (Å²) >= 11 is 0. The first-order valence-corrected chi connectivity index (χ1v) is 11.9. The number of phenols is 1. The molecular formula is C28H27F3N4O5. The molecule has 4 rings (SSSR count). The zero-order chi connectivity index (χ0) is 29.8. The Bertz CT molecular complexity index is 1490. The van der Waals surface area contributed by atoms with Crippen molar-refractivity contribution in [1.29, 1.82) is 0 Å². The second-order valence-corrected chi connectivity index (χ2v) is 9.81. The van der Waals surface area contributed by atoms with Crippen molar-refractivity contribution in [2.45, 2.75) is 38.9 Å². The molecule has 2 amide bonds. The fourth-order valence-electron chi connectivity index (χ4n) is 3.81. The highest BCUT2D eigenvalue weighted by Gasteiger charge is 2.38. The summed E-state index contributed by atoms with van der Waals surface area (Å²) in [5.41, 5.74) is 9.88. The van der Waals surface area contributed by atoms with Crippen molar-refractivity contribution >= 4 is 35.0 Å². The van der Waals surface area contributed by atoms with E-state index < -0.39 is 12.1 Å². The number of aromatic hydroxyl groups is 1. The number of carbonyl (C=O) groups excluding carboxylic acids is 2. The number of alkyl halides is 3. The number of amides is 2. The molecule has 0 fully saturated rings. The number of halogens is 3. The Kier molecular flexibility index (Phi) is 8.52. The van der Waals surface area contributed by atoms with Crippen LogP contribution in [0.4, 0.5) is 24.5 Å². The number of rotatable bonds is 4. The van der Waals surface area contributed by atoms with Crippen molar-refractivity contribution in [3.05, 3.63) is 88.5 Å². The van der Waals surface area contributed by atoms with E-state index in [0.29, 0.717) is 34.9 Å². The number of aliphatic imine (C=N–C) groups is 1. The smallest absolute Gasteiger partial charge is 0.490 e. The number of carboxylic acids is 1. The molecule has 1 aliphatic heterocycles. The first-order valence-electron chi connectivity index (χ1n) is 11.9. The maximum atomic E-state index is 13.1. The zero-order valence-corrected chi connectivity index (χ0v) is 21.8. The van der Waals surface area contributed by atoms with Crippen LogP contribution in [0.3, 0.4) is 0 Å². The average molecular weight is 557 g/mol. The van der Waals surface area contributed by atoms with Crippen molar-refractivity contribution in [3.63, 3.8) is 0 Å². The summed E-state index contributed by atoms with van der Waals surface area (Å²) in [4.78, 5) is 39.1. The third-order valence-electron chi connectivity index (χ3n) is 5.79. The molecular weight excluding hydrogens is 529 g/mol. The van der Waals surface area contributed by atoms with Crippen LogP contribution in [0.1, 0.15) is 58.2 Å². The van der Waals surface area contributed by atoms with Gasteiger partial charge in [0, 0.05) is 22.8 Å². The van der Waals surface area contributed by atoms with E-state index in [9.17, 15) is 27.9 Å². The van der Waals surface area contributed by atoms with Gasteiger partial charge in [-0.3, -0.25) is 14.6 Å². The van der Waals surface area contributed by atoms with Gasteiger partial charge in [0.1, 0.15) is 11.6 Å². The molecule has 0 saturated heterocycles. The third kappa shape index (κ3) is 7.16. The predicted molar refractivity (Wildman–Crippen MR) is 144 cm³/mol. The lowest BCUT2D eigenvalue weighted by molar-refractivity contribution is -0.192. The summed E-state index contributed by atoms with van der Waals surface area (Å²) in [6.07, 6.45) is -5.08. The molecule has 9 nitrogen and oxygen atoms in total. The summed E-state index contributed by atoms with van der Waals surface area (Å²) in [5.74, 6) is -3.08. The van der Waals surface area contributed by atoms with E-state index >= 15 is 0 Å². The number of nitrogens with zero attached hydrogens (tertiary/aromatic N) is 1. The summed E-state index contributed by atoms with van der Waals surface area (Å²) in [6.45, 7) is 6.61. The number of hydrogen-bond acceptors (Lipinski definition) is 6. The van der Waals surface area contributed by atoms with Crippen LogP contribution in [-0.4, -0.2) is 40.0 Å². The molecule has 0 bridgehead atoms. The van der Waals surface area contributed by atoms with Crippen LogP contribution in [0.25, 0.3) is 0 Å². The number of fused-ring (bicyclic) bond motifs is 1. The lowest BCUT2D eigenvalue weighted by atomic mass is 9.83. The quantitative estimate of drug-likeness (QED) is 0.284. The zero-order valence-electron chi connectivity index (χ0n) is 21.8. The van der Waals surface area contributed by atoms with Gasteiger partial charge in [0.05, 0.1) is 17.9 Å². The second kappa shape index (κ2) is 11.5. The largest absolute Gasteiger partial charge is 0.508 e. The van der Waals surface area contributed by atoms with E-state index in [4.69, 9.17) is 15.6 Å². The van der Waals surface area contributed by atoms with E-state index in [0.717, 1.165) is 16.7 Å². The van der Waals surface area contributed by atoms with E-state index in [1.807, 2.05) is 39.0 Å². The molecule has 6 N–H and O–H groups in total. The van der Waals surface area contributed by atoms with E-state index in [1.54, 1.807) is 30.3 Å². The minimum atomic E-state index is -5.08. The van der Waals surface area contributed by atoms with Crippen molar-refractivity contribution < 1.29 is 37.8 Å². The minimum absolute atomic E-state index is 0.0334. The maximum Gasteiger partial charge on any atom is 0.490 e. The van der Waals surface area contributed by atoms with Gasteiger partial charge in [-0.05, 0) is 46.9 Å². The number of phenolic OH excluding ortho intramolecular Hbond substituents is 1. The third-order valence-corrected chi connectivity index (χ3v) is 5.79. The number of amidine groups is 1. The first-order chi connectivity index (χ1) is 18.6. The predicted octanol–water partition coefficient (Wildman–Crippen LogP) is 5.05. The Morgan fingerprint density at radius 3 is 2.15 bits per heavy atom. The molecule has 0 atom stereocenters. The SMILES string of the molecule is CC(C)(C)c1ccccc1C(=O)Nc1cc(O)ccc1NC(=O)c1ccc2c(c1)C(N)=NC2.O=C(O)C(F)(F)F. The maximum absolute atomic E-state index is 13.1. The molecule has 1 heterocycles. The van der Waals surface area contributed by atoms with Gasteiger partial charge in [-0.2, -0.15) is 13.2 Å². The van der Waals surface area contributed by atoms with Crippen molar-refractivity contribution in [2.75, 3.05) is 10.6 Å². The highest BCUT2D eigenvalue weighted by Crippen LogP contribution is 2.30. The van der Waals surface area contributed by atoms with Gasteiger partial charge in [-0.1, -0.05) is 45.0 Å². The normalized spacial score (nSPS) is 12.4. The van der Waals surface area contributed by atoms with Crippen LogP contribution in [0.2, 0.25) is 0 Å². The van der Waals surface area contributed by atoms with Gasteiger partial charge >= 0.3 is 12.1 Å². The Morgan fingerprint density at radius 2 is 1.52 bits per heavy atom. The molecule has 0 radical (unpaired) electrons. The summed E-state index contributed by atoms with van der Waals surface area (Å²) in [6, 6.07) is 17.0. The van der Waals surface area contributed by atoms with Crippen LogP contribution >= 0.6 is 0 Å². The molecule has 40 heavy (non-hydrogen) atoms. The summed E-state index contributed by atoms with van der Waals surface area (Å²) in [7, 11) is 0. The van der Waals surface area contributed by atoms with E-state index in [1.165, 1.54) is 12.1 Å². The lowest BCUT2D eigenvalue weighted by Crippen LogP contribution is -2.22. The molecule has 12 heteroatoms. The summed E-state index contributed by atoms with van der Waals surface area (Å²) in [5, 5.41) is 22.8. The van der Waals surface area contributed by atoms with Gasteiger partial charge in [-0.25, -0.2) is 4.79 Å². The molecule has 1 aliphatic rings. The number of hydrogen-bond donors (Lipinski definition) is 5. The molecule has 0 saturated carbocycles. The fraction of sp³-hybridized carbons (Fsp3) is 0.214. The number of nitrogens with one attached hydrogen (secondary N) is 2. The van der Waals surface area contributed by atoms with Crippen LogP contribution in [0.15, 0.2) is 65.7 Å². The molecule has 0 aromatic heterocycles. The van der Waals surface area contributed by atoms with Crippen molar-refractivity contribution in [2.24, 2.45) is 10.7 Å². The number of aliphatic carboxylic acids is 1. The Labute approximate surface area is 227 Å². The summed E-state index contributed by atoms with van der Waals surface area (Å²) < 4.78 is 31.7.